The minimum absolute atomic E-state index is 0.00977. The molecule has 1 atom stereocenters. The Morgan fingerprint density at radius 2 is 1.70 bits per heavy atom. The summed E-state index contributed by atoms with van der Waals surface area (Å²) in [5.74, 6) is 0.770. The normalized spacial score (nSPS) is 16.3. The first-order valence-corrected chi connectivity index (χ1v) is 14.4. The van der Waals surface area contributed by atoms with E-state index in [-0.39, 0.29) is 11.9 Å². The third-order valence-electron chi connectivity index (χ3n) is 8.28. The molecule has 1 unspecified atom stereocenters. The number of rotatable bonds is 5. The Kier molecular flexibility index (Phi) is 8.88. The molecule has 9 heteroatoms. The second kappa shape index (κ2) is 12.9. The van der Waals surface area contributed by atoms with E-state index in [1.165, 1.54) is 0 Å². The van der Waals surface area contributed by atoms with Gasteiger partial charge in [0, 0.05) is 69.2 Å². The largest absolute Gasteiger partial charge is 0.388 e. The summed E-state index contributed by atoms with van der Waals surface area (Å²) in [7, 11) is 3.72. The van der Waals surface area contributed by atoms with Crippen LogP contribution in [0.5, 0.6) is 0 Å². The highest BCUT2D eigenvalue weighted by Gasteiger charge is 2.35. The van der Waals surface area contributed by atoms with Gasteiger partial charge in [-0.05, 0) is 55.3 Å². The van der Waals surface area contributed by atoms with Gasteiger partial charge in [-0.15, -0.1) is 0 Å². The average molecular weight is 577 g/mol. The van der Waals surface area contributed by atoms with Gasteiger partial charge in [0.25, 0.3) is 5.91 Å². The maximum absolute atomic E-state index is 13.3. The van der Waals surface area contributed by atoms with Crippen molar-refractivity contribution in [3.05, 3.63) is 106 Å². The van der Waals surface area contributed by atoms with Crippen molar-refractivity contribution in [1.82, 2.24) is 10.1 Å². The first-order chi connectivity index (χ1) is 20.9. The molecule has 9 nitrogen and oxygen atoms in total. The zero-order valence-electron chi connectivity index (χ0n) is 25.0. The number of aldehydes is 1. The number of aryl methyl sites for hydroxylation is 2. The van der Waals surface area contributed by atoms with Crippen LogP contribution in [0.2, 0.25) is 0 Å². The van der Waals surface area contributed by atoms with Gasteiger partial charge in [0.1, 0.15) is 18.1 Å². The molecule has 0 spiro atoms. The lowest BCUT2D eigenvalue weighted by Gasteiger charge is -2.41. The van der Waals surface area contributed by atoms with Crippen LogP contribution < -0.4 is 15.1 Å². The maximum atomic E-state index is 13.3. The lowest BCUT2D eigenvalue weighted by atomic mass is 9.93. The Morgan fingerprint density at radius 3 is 2.35 bits per heavy atom. The Hall–Kier alpha value is -4.94. The van der Waals surface area contributed by atoms with E-state index in [0.717, 1.165) is 83.2 Å². The van der Waals surface area contributed by atoms with Crippen molar-refractivity contribution >= 4 is 29.3 Å². The van der Waals surface area contributed by atoms with Crippen LogP contribution in [0.3, 0.4) is 0 Å². The molecular weight excluding hydrogens is 540 g/mol. The van der Waals surface area contributed by atoms with Crippen LogP contribution in [-0.4, -0.2) is 62.5 Å². The molecule has 4 aromatic rings. The number of nitriles is 1. The van der Waals surface area contributed by atoms with Gasteiger partial charge in [-0.1, -0.05) is 41.6 Å². The SMILES string of the molecule is CNc1ccc(N2CCN(C3c4ccccc4C(=O)N(C)c4ccccc43)CC2)c(C#N)c1.Cc1noc(C)c1CC=O. The number of aromatic nitrogens is 1. The van der Waals surface area contributed by atoms with E-state index in [4.69, 9.17) is 4.52 Å². The van der Waals surface area contributed by atoms with Crippen molar-refractivity contribution in [3.63, 3.8) is 0 Å². The van der Waals surface area contributed by atoms with E-state index in [0.29, 0.717) is 12.0 Å². The number of benzene rings is 3. The molecule has 6 rings (SSSR count). The van der Waals surface area contributed by atoms with Gasteiger partial charge >= 0.3 is 0 Å². The number of hydrogen-bond donors (Lipinski definition) is 1. The topological polar surface area (TPSA) is 106 Å². The van der Waals surface area contributed by atoms with Gasteiger partial charge in [0.05, 0.1) is 23.0 Å². The number of fused-ring (bicyclic) bond motifs is 2. The third kappa shape index (κ3) is 5.87. The zero-order valence-corrected chi connectivity index (χ0v) is 25.0. The molecular formula is C34H36N6O3. The summed E-state index contributed by atoms with van der Waals surface area (Å²) in [6, 6.07) is 24.5. The predicted octanol–water partition coefficient (Wildman–Crippen LogP) is 5.13. The van der Waals surface area contributed by atoms with Gasteiger partial charge in [0.2, 0.25) is 0 Å². The van der Waals surface area contributed by atoms with Crippen LogP contribution >= 0.6 is 0 Å². The standard InChI is InChI=1S/C27H27N5O.C7H9NO2/c1-29-20-11-12-24(19(17-20)18-28)31-13-15-32(16-14-31)26-21-7-3-4-8-22(21)27(33)30(2)25-10-6-5-9-23(25)26;1-5-7(3-4-9)6(2)10-8-5/h3-12,17,26,29H,13-16H2,1-2H3;4H,3H2,1-2H3. The van der Waals surface area contributed by atoms with Gasteiger partial charge in [0.15, 0.2) is 0 Å². The number of para-hydroxylation sites is 1. The van der Waals surface area contributed by atoms with Crippen LogP contribution in [0.1, 0.15) is 50.1 Å². The van der Waals surface area contributed by atoms with E-state index in [1.807, 2.05) is 69.6 Å². The van der Waals surface area contributed by atoms with E-state index in [9.17, 15) is 14.9 Å². The van der Waals surface area contributed by atoms with E-state index < -0.39 is 0 Å². The first kappa shape index (κ1) is 29.5. The molecule has 0 saturated carbocycles. The summed E-state index contributed by atoms with van der Waals surface area (Å²) in [6.07, 6.45) is 1.26. The van der Waals surface area contributed by atoms with Gasteiger partial charge in [-0.3, -0.25) is 9.69 Å². The first-order valence-electron chi connectivity index (χ1n) is 14.4. The minimum Gasteiger partial charge on any atom is -0.388 e. The van der Waals surface area contributed by atoms with E-state index in [2.05, 4.69) is 44.5 Å². The summed E-state index contributed by atoms with van der Waals surface area (Å²) in [4.78, 5) is 29.9. The summed E-state index contributed by atoms with van der Waals surface area (Å²) in [5.41, 5.74) is 8.26. The summed E-state index contributed by atoms with van der Waals surface area (Å²) >= 11 is 0. The number of nitrogens with one attached hydrogen (secondary N) is 1. The quantitative estimate of drug-likeness (QED) is 0.326. The van der Waals surface area contributed by atoms with Crippen LogP contribution in [0.15, 0.2) is 71.3 Å². The van der Waals surface area contributed by atoms with Gasteiger partial charge < -0.3 is 24.4 Å². The molecule has 3 heterocycles. The highest BCUT2D eigenvalue weighted by Crippen LogP contribution is 2.40. The number of amides is 1. The van der Waals surface area contributed by atoms with E-state index in [1.54, 1.807) is 11.8 Å². The molecule has 0 radical (unpaired) electrons. The van der Waals surface area contributed by atoms with Crippen LogP contribution in [0.4, 0.5) is 17.1 Å². The molecule has 1 saturated heterocycles. The lowest BCUT2D eigenvalue weighted by Crippen LogP contribution is -2.48. The van der Waals surface area contributed by atoms with E-state index >= 15 is 0 Å². The van der Waals surface area contributed by atoms with Crippen molar-refractivity contribution in [2.75, 3.05) is 55.4 Å². The lowest BCUT2D eigenvalue weighted by molar-refractivity contribution is -0.107. The van der Waals surface area contributed by atoms with Crippen molar-refractivity contribution in [1.29, 1.82) is 5.26 Å². The summed E-state index contributed by atoms with van der Waals surface area (Å²) in [5, 5.41) is 16.5. The number of hydrogen-bond acceptors (Lipinski definition) is 8. The molecule has 1 fully saturated rings. The fourth-order valence-corrected chi connectivity index (χ4v) is 5.96. The molecule has 2 aliphatic heterocycles. The molecule has 43 heavy (non-hydrogen) atoms. The minimum atomic E-state index is 0.00977. The number of carbonyl (C=O) groups excluding carboxylic acids is 2. The molecule has 1 aromatic heterocycles. The second-order valence-electron chi connectivity index (χ2n) is 10.7. The number of nitrogens with zero attached hydrogens (tertiary/aromatic N) is 5. The third-order valence-corrected chi connectivity index (χ3v) is 8.28. The fraction of sp³-hybridized carbons (Fsp3) is 0.294. The molecule has 3 aromatic carbocycles. The monoisotopic (exact) mass is 576 g/mol. The van der Waals surface area contributed by atoms with Crippen molar-refractivity contribution in [2.24, 2.45) is 0 Å². The smallest absolute Gasteiger partial charge is 0.258 e. The highest BCUT2D eigenvalue weighted by molar-refractivity contribution is 6.08. The Bertz CT molecular complexity index is 1650. The average Bonchev–Trinajstić information content (AvgIpc) is 3.33. The summed E-state index contributed by atoms with van der Waals surface area (Å²) < 4.78 is 4.84. The molecule has 1 N–H and O–H groups in total. The predicted molar refractivity (Wildman–Crippen MR) is 168 cm³/mol. The Morgan fingerprint density at radius 1 is 1.00 bits per heavy atom. The highest BCUT2D eigenvalue weighted by atomic mass is 16.5. The van der Waals surface area contributed by atoms with Crippen molar-refractivity contribution in [2.45, 2.75) is 26.3 Å². The fourth-order valence-electron chi connectivity index (χ4n) is 5.96. The van der Waals surface area contributed by atoms with Crippen LogP contribution in [0, 0.1) is 25.2 Å². The summed E-state index contributed by atoms with van der Waals surface area (Å²) in [6.45, 7) is 6.94. The van der Waals surface area contributed by atoms with Crippen molar-refractivity contribution in [3.8, 4) is 6.07 Å². The number of anilines is 3. The molecule has 1 amide bonds. The zero-order chi connectivity index (χ0) is 30.5. The Labute approximate surface area is 252 Å². The molecule has 2 aliphatic rings. The second-order valence-corrected chi connectivity index (χ2v) is 10.7. The van der Waals surface area contributed by atoms with Crippen LogP contribution in [-0.2, 0) is 11.2 Å². The molecule has 0 bridgehead atoms. The Balaban J connectivity index is 0.000000314. The number of carbonyl (C=O) groups is 2. The molecule has 0 aliphatic carbocycles. The number of piperazine rings is 1. The van der Waals surface area contributed by atoms with Gasteiger partial charge in [-0.2, -0.15) is 5.26 Å². The molecule has 220 valence electrons. The van der Waals surface area contributed by atoms with Crippen LogP contribution in [0.25, 0.3) is 0 Å². The van der Waals surface area contributed by atoms with Crippen molar-refractivity contribution < 1.29 is 14.1 Å². The maximum Gasteiger partial charge on any atom is 0.258 e. The van der Waals surface area contributed by atoms with Gasteiger partial charge in [-0.25, -0.2) is 0 Å².